The largest absolute Gasteiger partial charge is 0.465 e. The fourth-order valence-corrected chi connectivity index (χ4v) is 5.95. The van der Waals surface area contributed by atoms with Crippen LogP contribution in [0.3, 0.4) is 0 Å². The van der Waals surface area contributed by atoms with E-state index in [1.165, 1.54) is 0 Å². The summed E-state index contributed by atoms with van der Waals surface area (Å²) in [4.78, 5) is 50.3. The summed E-state index contributed by atoms with van der Waals surface area (Å²) in [7, 11) is 0. The number of nitrogens with one attached hydrogen (secondary N) is 5. The van der Waals surface area contributed by atoms with Crippen molar-refractivity contribution in [2.75, 3.05) is 11.9 Å². The topological polar surface area (TPSA) is 191 Å². The standard InChI is InChI=1S/C35H38N8O5/c44-32(37-29-17-18-29)27-11-9-24(10-12-27)23-5-1-21(2-6-23)19-30(39-33(45)26-7-3-22(4-8-26)20-36-35(47)48)34(46)38-28-15-13-25(14-16-28)31-40-42-43-41-31/h1-2,5-6,9-16,22,26,29-30,36H,3-4,7-8,17-20H2,(H,37,44)(H,38,46)(H,39,45)(H,47,48)(H,40,41,42,43)/t22?,26?,30-/m0/s1. The molecule has 2 saturated carbocycles. The summed E-state index contributed by atoms with van der Waals surface area (Å²) in [6, 6.07) is 21.8. The molecule has 0 aliphatic heterocycles. The van der Waals surface area contributed by atoms with Crippen molar-refractivity contribution in [2.24, 2.45) is 11.8 Å². The van der Waals surface area contributed by atoms with Gasteiger partial charge in [-0.15, -0.1) is 10.2 Å². The number of tetrazole rings is 1. The molecule has 0 bridgehead atoms. The van der Waals surface area contributed by atoms with Gasteiger partial charge in [-0.2, -0.15) is 5.21 Å². The Morgan fingerprint density at radius 1 is 0.812 bits per heavy atom. The molecule has 4 amide bonds. The molecule has 2 aliphatic carbocycles. The van der Waals surface area contributed by atoms with E-state index in [9.17, 15) is 19.2 Å². The van der Waals surface area contributed by atoms with Gasteiger partial charge >= 0.3 is 6.09 Å². The number of nitrogens with zero attached hydrogens (tertiary/aromatic N) is 3. The zero-order valence-electron chi connectivity index (χ0n) is 26.3. The van der Waals surface area contributed by atoms with Crippen LogP contribution in [0.2, 0.25) is 0 Å². The molecule has 0 spiro atoms. The predicted octanol–water partition coefficient (Wildman–Crippen LogP) is 4.17. The number of hydrogen-bond acceptors (Lipinski definition) is 7. The van der Waals surface area contributed by atoms with Gasteiger partial charge in [0.25, 0.3) is 5.91 Å². The first-order chi connectivity index (χ1) is 23.3. The molecular weight excluding hydrogens is 612 g/mol. The number of aromatic amines is 1. The van der Waals surface area contributed by atoms with Gasteiger partial charge in [-0.05, 0) is 103 Å². The van der Waals surface area contributed by atoms with Crippen LogP contribution < -0.4 is 21.3 Å². The number of hydrogen-bond donors (Lipinski definition) is 6. The zero-order chi connectivity index (χ0) is 33.5. The van der Waals surface area contributed by atoms with Crippen LogP contribution in [0.15, 0.2) is 72.8 Å². The van der Waals surface area contributed by atoms with Crippen molar-refractivity contribution in [3.63, 3.8) is 0 Å². The van der Waals surface area contributed by atoms with E-state index in [1.54, 1.807) is 24.3 Å². The fourth-order valence-electron chi connectivity index (χ4n) is 5.95. The van der Waals surface area contributed by atoms with Crippen molar-refractivity contribution in [3.8, 4) is 22.5 Å². The van der Waals surface area contributed by atoms with Crippen molar-refractivity contribution >= 4 is 29.5 Å². The van der Waals surface area contributed by atoms with Gasteiger partial charge in [-0.3, -0.25) is 14.4 Å². The molecule has 1 heterocycles. The summed E-state index contributed by atoms with van der Waals surface area (Å²) < 4.78 is 0. The number of carboxylic acid groups (broad SMARTS) is 1. The predicted molar refractivity (Wildman–Crippen MR) is 178 cm³/mol. The van der Waals surface area contributed by atoms with Crippen molar-refractivity contribution in [1.82, 2.24) is 36.6 Å². The Morgan fingerprint density at radius 2 is 1.46 bits per heavy atom. The molecule has 1 aromatic heterocycles. The van der Waals surface area contributed by atoms with Gasteiger partial charge in [-0.25, -0.2) is 4.79 Å². The van der Waals surface area contributed by atoms with Crippen LogP contribution in [0, 0.1) is 11.8 Å². The Morgan fingerprint density at radius 3 is 2.06 bits per heavy atom. The molecule has 248 valence electrons. The van der Waals surface area contributed by atoms with Crippen molar-refractivity contribution < 1.29 is 24.3 Å². The van der Waals surface area contributed by atoms with Crippen LogP contribution in [-0.2, 0) is 16.0 Å². The molecule has 6 rings (SSSR count). The lowest BCUT2D eigenvalue weighted by atomic mass is 9.81. The fraction of sp³-hybridized carbons (Fsp3) is 0.343. The van der Waals surface area contributed by atoms with E-state index >= 15 is 0 Å². The van der Waals surface area contributed by atoms with Crippen LogP contribution in [0.25, 0.3) is 22.5 Å². The third-order valence-electron chi connectivity index (χ3n) is 8.94. The van der Waals surface area contributed by atoms with Gasteiger partial charge in [0.15, 0.2) is 0 Å². The molecule has 2 fully saturated rings. The molecule has 0 radical (unpaired) electrons. The summed E-state index contributed by atoms with van der Waals surface area (Å²) in [6.45, 7) is 0.371. The summed E-state index contributed by atoms with van der Waals surface area (Å²) in [5.74, 6) is -0.225. The first kappa shape index (κ1) is 32.4. The first-order valence-electron chi connectivity index (χ1n) is 16.2. The molecule has 13 heteroatoms. The number of carbonyl (C=O) groups excluding carboxylic acids is 3. The molecule has 6 N–H and O–H groups in total. The summed E-state index contributed by atoms with van der Waals surface area (Å²) in [5, 5.41) is 34.2. The van der Waals surface area contributed by atoms with E-state index < -0.39 is 12.1 Å². The highest BCUT2D eigenvalue weighted by atomic mass is 16.4. The number of amides is 4. The summed E-state index contributed by atoms with van der Waals surface area (Å²) in [6.07, 6.45) is 4.01. The molecule has 3 aromatic carbocycles. The van der Waals surface area contributed by atoms with Gasteiger partial charge in [-0.1, -0.05) is 36.4 Å². The smallest absolute Gasteiger partial charge is 0.404 e. The maximum atomic E-state index is 13.6. The second kappa shape index (κ2) is 14.9. The lowest BCUT2D eigenvalue weighted by Crippen LogP contribution is -2.48. The molecule has 4 aromatic rings. The normalized spacial score (nSPS) is 17.9. The Bertz CT molecular complexity index is 1710. The number of benzene rings is 3. The van der Waals surface area contributed by atoms with Gasteiger partial charge < -0.3 is 26.4 Å². The van der Waals surface area contributed by atoms with Gasteiger partial charge in [0, 0.05) is 41.7 Å². The van der Waals surface area contributed by atoms with Gasteiger partial charge in [0.1, 0.15) is 6.04 Å². The number of aromatic nitrogens is 4. The first-order valence-corrected chi connectivity index (χ1v) is 16.2. The van der Waals surface area contributed by atoms with Gasteiger partial charge in [0.2, 0.25) is 17.6 Å². The summed E-state index contributed by atoms with van der Waals surface area (Å²) in [5.41, 5.74) is 4.72. The van der Waals surface area contributed by atoms with Crippen molar-refractivity contribution in [2.45, 2.75) is 57.0 Å². The Labute approximate surface area is 277 Å². The quantitative estimate of drug-likeness (QED) is 0.132. The van der Waals surface area contributed by atoms with Crippen LogP contribution in [0.4, 0.5) is 10.5 Å². The van der Waals surface area contributed by atoms with Crippen LogP contribution in [0.1, 0.15) is 54.4 Å². The van der Waals surface area contributed by atoms with E-state index in [1.807, 2.05) is 48.5 Å². The van der Waals surface area contributed by atoms with Crippen LogP contribution >= 0.6 is 0 Å². The number of anilines is 1. The molecule has 13 nitrogen and oxygen atoms in total. The Hall–Kier alpha value is -5.59. The molecular formula is C35H38N8O5. The molecule has 0 unspecified atom stereocenters. The summed E-state index contributed by atoms with van der Waals surface area (Å²) >= 11 is 0. The van der Waals surface area contributed by atoms with Crippen molar-refractivity contribution in [1.29, 1.82) is 0 Å². The highest BCUT2D eigenvalue weighted by Crippen LogP contribution is 2.29. The van der Waals surface area contributed by atoms with E-state index in [-0.39, 0.29) is 36.0 Å². The third-order valence-corrected chi connectivity index (χ3v) is 8.94. The minimum atomic E-state index is -1.05. The molecule has 0 saturated heterocycles. The number of carbonyl (C=O) groups is 4. The second-order valence-electron chi connectivity index (χ2n) is 12.5. The van der Waals surface area contributed by atoms with Crippen molar-refractivity contribution in [3.05, 3.63) is 83.9 Å². The Balaban J connectivity index is 1.12. The molecule has 48 heavy (non-hydrogen) atoms. The number of H-pyrrole nitrogens is 1. The second-order valence-corrected chi connectivity index (χ2v) is 12.5. The SMILES string of the molecule is O=C(O)NCC1CCC(C(=O)N[C@@H](Cc2ccc(-c3ccc(C(=O)NC4CC4)cc3)cc2)C(=O)Nc2ccc(-c3nn[nH]n3)cc2)CC1. The average molecular weight is 651 g/mol. The van der Waals surface area contributed by atoms with E-state index in [4.69, 9.17) is 5.11 Å². The van der Waals surface area contributed by atoms with E-state index in [2.05, 4.69) is 41.9 Å². The highest BCUT2D eigenvalue weighted by Gasteiger charge is 2.30. The minimum Gasteiger partial charge on any atom is -0.465 e. The lowest BCUT2D eigenvalue weighted by Gasteiger charge is -2.29. The average Bonchev–Trinajstić information content (AvgIpc) is 3.75. The monoisotopic (exact) mass is 650 g/mol. The van der Waals surface area contributed by atoms with Crippen LogP contribution in [0.5, 0.6) is 0 Å². The third kappa shape index (κ3) is 8.60. The zero-order valence-corrected chi connectivity index (χ0v) is 26.3. The number of rotatable bonds is 12. The maximum absolute atomic E-state index is 13.6. The highest BCUT2D eigenvalue weighted by molar-refractivity contribution is 5.98. The minimum absolute atomic E-state index is 0.0584. The lowest BCUT2D eigenvalue weighted by molar-refractivity contribution is -0.130. The maximum Gasteiger partial charge on any atom is 0.404 e. The molecule has 2 aliphatic rings. The van der Waals surface area contributed by atoms with E-state index in [0.29, 0.717) is 42.5 Å². The van der Waals surface area contributed by atoms with E-state index in [0.717, 1.165) is 47.9 Å². The molecule has 1 atom stereocenters. The van der Waals surface area contributed by atoms with Crippen LogP contribution in [-0.4, -0.2) is 68.2 Å². The Kier molecular flexibility index (Phi) is 10.0. The van der Waals surface area contributed by atoms with Gasteiger partial charge in [0.05, 0.1) is 0 Å².